The van der Waals surface area contributed by atoms with E-state index in [9.17, 15) is 10.1 Å². The zero-order chi connectivity index (χ0) is 19.2. The van der Waals surface area contributed by atoms with Gasteiger partial charge in [0.1, 0.15) is 17.4 Å². The Morgan fingerprint density at radius 2 is 1.89 bits per heavy atom. The molecule has 0 aliphatic heterocycles. The first kappa shape index (κ1) is 18.3. The number of hydrogen-bond acceptors (Lipinski definition) is 3. The Morgan fingerprint density at radius 3 is 2.56 bits per heavy atom. The molecule has 0 unspecified atom stereocenters. The molecule has 1 aromatic heterocycles. The molecule has 27 heavy (non-hydrogen) atoms. The van der Waals surface area contributed by atoms with Gasteiger partial charge in [0.15, 0.2) is 0 Å². The van der Waals surface area contributed by atoms with E-state index in [1.54, 1.807) is 31.4 Å². The molecular weight excluding hydrogens is 362 g/mol. The Hall–Kier alpha value is -3.49. The Labute approximate surface area is 162 Å². The van der Waals surface area contributed by atoms with E-state index in [4.69, 9.17) is 16.3 Å². The highest BCUT2D eigenvalue weighted by Crippen LogP contribution is 2.22. The van der Waals surface area contributed by atoms with Gasteiger partial charge in [-0.2, -0.15) is 5.26 Å². The lowest BCUT2D eigenvalue weighted by Crippen LogP contribution is -2.14. The van der Waals surface area contributed by atoms with Crippen LogP contribution in [0.4, 0.5) is 5.69 Å². The number of ether oxygens (including phenoxy) is 1. The first-order chi connectivity index (χ1) is 13.1. The molecule has 134 valence electrons. The number of nitrogens with zero attached hydrogens (tertiary/aromatic N) is 2. The first-order valence-corrected chi connectivity index (χ1v) is 8.49. The number of rotatable bonds is 5. The van der Waals surface area contributed by atoms with Gasteiger partial charge in [0, 0.05) is 17.6 Å². The Morgan fingerprint density at radius 1 is 1.15 bits per heavy atom. The second-order valence-corrected chi connectivity index (χ2v) is 6.01. The molecule has 0 bridgehead atoms. The van der Waals surface area contributed by atoms with Gasteiger partial charge in [-0.1, -0.05) is 23.7 Å². The Bertz CT molecular complexity index is 1030. The van der Waals surface area contributed by atoms with Crippen LogP contribution >= 0.6 is 11.6 Å². The third-order valence-electron chi connectivity index (χ3n) is 3.91. The number of halogens is 1. The zero-order valence-electron chi connectivity index (χ0n) is 14.5. The highest BCUT2D eigenvalue weighted by Gasteiger charge is 2.12. The normalized spacial score (nSPS) is 10.9. The molecule has 0 fully saturated rings. The summed E-state index contributed by atoms with van der Waals surface area (Å²) < 4.78 is 7.04. The number of anilines is 1. The van der Waals surface area contributed by atoms with Gasteiger partial charge in [0.05, 0.1) is 17.8 Å². The van der Waals surface area contributed by atoms with E-state index in [0.717, 1.165) is 11.4 Å². The number of nitrogens with one attached hydrogen (secondary N) is 1. The third-order valence-corrected chi connectivity index (χ3v) is 4.24. The van der Waals surface area contributed by atoms with Crippen molar-refractivity contribution in [1.29, 1.82) is 5.26 Å². The van der Waals surface area contributed by atoms with E-state index in [-0.39, 0.29) is 5.57 Å². The third kappa shape index (κ3) is 4.20. The lowest BCUT2D eigenvalue weighted by molar-refractivity contribution is -0.112. The molecule has 2 aromatic carbocycles. The highest BCUT2D eigenvalue weighted by atomic mass is 35.5. The van der Waals surface area contributed by atoms with Gasteiger partial charge in [-0.3, -0.25) is 4.79 Å². The van der Waals surface area contributed by atoms with Crippen LogP contribution in [-0.4, -0.2) is 17.6 Å². The van der Waals surface area contributed by atoms with Gasteiger partial charge in [-0.05, 0) is 54.6 Å². The number of carbonyl (C=O) groups is 1. The predicted molar refractivity (Wildman–Crippen MR) is 106 cm³/mol. The van der Waals surface area contributed by atoms with Gasteiger partial charge in [-0.25, -0.2) is 0 Å². The van der Waals surface area contributed by atoms with E-state index in [1.807, 2.05) is 53.2 Å². The number of para-hydroxylation sites is 1. The predicted octanol–water partition coefficient (Wildman–Crippen LogP) is 4.68. The van der Waals surface area contributed by atoms with Gasteiger partial charge in [-0.15, -0.1) is 0 Å². The second kappa shape index (κ2) is 8.26. The molecule has 1 N–H and O–H groups in total. The first-order valence-electron chi connectivity index (χ1n) is 8.12. The summed E-state index contributed by atoms with van der Waals surface area (Å²) in [6.07, 6.45) is 3.39. The van der Waals surface area contributed by atoms with Gasteiger partial charge in [0.25, 0.3) is 5.91 Å². The lowest BCUT2D eigenvalue weighted by Gasteiger charge is -2.09. The molecule has 0 spiro atoms. The number of carbonyl (C=O) groups excluding carboxylic acids is 1. The summed E-state index contributed by atoms with van der Waals surface area (Å²) in [4.78, 5) is 12.5. The SMILES string of the molecule is COc1ccc(-n2cccc2/C=C(/C#N)C(=O)Nc2ccccc2Cl)cc1. The minimum absolute atomic E-state index is 0.0246. The quantitative estimate of drug-likeness (QED) is 0.518. The fourth-order valence-electron chi connectivity index (χ4n) is 2.54. The minimum Gasteiger partial charge on any atom is -0.497 e. The van der Waals surface area contributed by atoms with Crippen LogP contribution in [0.5, 0.6) is 5.75 Å². The molecule has 1 amide bonds. The topological polar surface area (TPSA) is 67.0 Å². The number of aromatic nitrogens is 1. The number of amides is 1. The molecule has 0 saturated carbocycles. The van der Waals surface area contributed by atoms with Gasteiger partial charge >= 0.3 is 0 Å². The van der Waals surface area contributed by atoms with Crippen molar-refractivity contribution in [2.75, 3.05) is 12.4 Å². The summed E-state index contributed by atoms with van der Waals surface area (Å²) >= 11 is 6.06. The van der Waals surface area contributed by atoms with Crippen molar-refractivity contribution in [3.63, 3.8) is 0 Å². The van der Waals surface area contributed by atoms with Crippen LogP contribution in [-0.2, 0) is 4.79 Å². The van der Waals surface area contributed by atoms with Crippen molar-refractivity contribution in [2.24, 2.45) is 0 Å². The molecule has 0 aliphatic rings. The van der Waals surface area contributed by atoms with Gasteiger partial charge in [0.2, 0.25) is 0 Å². The van der Waals surface area contributed by atoms with E-state index >= 15 is 0 Å². The van der Waals surface area contributed by atoms with Crippen LogP contribution in [0.25, 0.3) is 11.8 Å². The van der Waals surface area contributed by atoms with E-state index in [1.165, 1.54) is 6.08 Å². The highest BCUT2D eigenvalue weighted by molar-refractivity contribution is 6.34. The molecule has 0 atom stereocenters. The second-order valence-electron chi connectivity index (χ2n) is 5.60. The maximum Gasteiger partial charge on any atom is 0.266 e. The molecule has 3 rings (SSSR count). The standard InChI is InChI=1S/C21H16ClN3O2/c1-27-18-10-8-16(9-11-18)25-12-4-5-17(25)13-15(14-23)21(26)24-20-7-3-2-6-19(20)22/h2-13H,1H3,(H,24,26)/b15-13-. The number of methoxy groups -OCH3 is 1. The largest absolute Gasteiger partial charge is 0.497 e. The molecular formula is C21H16ClN3O2. The van der Waals surface area contributed by atoms with Crippen LogP contribution in [0.3, 0.4) is 0 Å². The average Bonchev–Trinajstić information content (AvgIpc) is 3.16. The van der Waals surface area contributed by atoms with Crippen molar-refractivity contribution in [3.05, 3.63) is 83.2 Å². The van der Waals surface area contributed by atoms with E-state index in [0.29, 0.717) is 16.4 Å². The van der Waals surface area contributed by atoms with Crippen LogP contribution < -0.4 is 10.1 Å². The molecule has 0 aliphatic carbocycles. The van der Waals surface area contributed by atoms with Crippen molar-refractivity contribution in [1.82, 2.24) is 4.57 Å². The summed E-state index contributed by atoms with van der Waals surface area (Å²) in [6, 6.07) is 20.0. The molecule has 6 heteroatoms. The summed E-state index contributed by atoms with van der Waals surface area (Å²) in [5, 5.41) is 12.5. The van der Waals surface area contributed by atoms with Gasteiger partial charge < -0.3 is 14.6 Å². The maximum absolute atomic E-state index is 12.5. The lowest BCUT2D eigenvalue weighted by atomic mass is 10.2. The summed E-state index contributed by atoms with van der Waals surface area (Å²) in [5.74, 6) is 0.230. The fourth-order valence-corrected chi connectivity index (χ4v) is 2.72. The van der Waals surface area contributed by atoms with Crippen LogP contribution in [0, 0.1) is 11.3 Å². The maximum atomic E-state index is 12.5. The molecule has 0 saturated heterocycles. The van der Waals surface area contributed by atoms with E-state index in [2.05, 4.69) is 5.32 Å². The zero-order valence-corrected chi connectivity index (χ0v) is 15.3. The van der Waals surface area contributed by atoms with E-state index < -0.39 is 5.91 Å². The van der Waals surface area contributed by atoms with Crippen molar-refractivity contribution in [2.45, 2.75) is 0 Å². The summed E-state index contributed by atoms with van der Waals surface area (Å²) in [7, 11) is 1.61. The number of nitriles is 1. The summed E-state index contributed by atoms with van der Waals surface area (Å²) in [5.41, 5.74) is 2.01. The fraction of sp³-hybridized carbons (Fsp3) is 0.0476. The monoisotopic (exact) mass is 377 g/mol. The van der Waals surface area contributed by atoms with Crippen molar-refractivity contribution in [3.8, 4) is 17.5 Å². The van der Waals surface area contributed by atoms with Crippen LogP contribution in [0.1, 0.15) is 5.69 Å². The van der Waals surface area contributed by atoms with Crippen molar-refractivity contribution < 1.29 is 9.53 Å². The van der Waals surface area contributed by atoms with Crippen molar-refractivity contribution >= 4 is 29.3 Å². The Kier molecular flexibility index (Phi) is 5.60. The molecule has 3 aromatic rings. The molecule has 1 heterocycles. The smallest absolute Gasteiger partial charge is 0.266 e. The van der Waals surface area contributed by atoms with Crippen LogP contribution in [0.2, 0.25) is 5.02 Å². The number of benzene rings is 2. The average molecular weight is 378 g/mol. The summed E-state index contributed by atoms with van der Waals surface area (Å²) in [6.45, 7) is 0. The molecule has 5 nitrogen and oxygen atoms in total. The molecule has 0 radical (unpaired) electrons. The number of hydrogen-bond donors (Lipinski definition) is 1. The van der Waals surface area contributed by atoms with Crippen LogP contribution in [0.15, 0.2) is 72.4 Å². The Balaban J connectivity index is 1.88. The minimum atomic E-state index is -0.520.